The topological polar surface area (TPSA) is 69.6 Å². The predicted octanol–water partition coefficient (Wildman–Crippen LogP) is 3.06. The minimum Gasteiger partial charge on any atom is -0.475 e. The lowest BCUT2D eigenvalue weighted by atomic mass is 9.74. The number of halogens is 4. The van der Waals surface area contributed by atoms with Crippen LogP contribution in [-0.2, 0) is 4.79 Å². The summed E-state index contributed by atoms with van der Waals surface area (Å²) in [5.41, 5.74) is 0.408. The van der Waals surface area contributed by atoms with Crippen molar-refractivity contribution >= 4 is 11.9 Å². The molecule has 2 saturated heterocycles. The van der Waals surface area contributed by atoms with Crippen molar-refractivity contribution in [1.82, 2.24) is 10.2 Å². The molecule has 1 aromatic carbocycles. The molecule has 1 aromatic rings. The van der Waals surface area contributed by atoms with Crippen LogP contribution in [-0.4, -0.2) is 54.2 Å². The van der Waals surface area contributed by atoms with Crippen molar-refractivity contribution in [1.29, 1.82) is 0 Å². The van der Waals surface area contributed by atoms with Gasteiger partial charge in [0.05, 0.1) is 5.56 Å². The number of amides is 1. The van der Waals surface area contributed by atoms with Crippen LogP contribution in [0.15, 0.2) is 24.3 Å². The highest BCUT2D eigenvalue weighted by Crippen LogP contribution is 2.36. The zero-order valence-corrected chi connectivity index (χ0v) is 14.7. The van der Waals surface area contributed by atoms with Crippen LogP contribution in [0.3, 0.4) is 0 Å². The van der Waals surface area contributed by atoms with E-state index < -0.39 is 18.0 Å². The Hall–Kier alpha value is -2.16. The summed E-state index contributed by atoms with van der Waals surface area (Å²) in [6, 6.07) is 6.28. The van der Waals surface area contributed by atoms with Gasteiger partial charge in [-0.15, -0.1) is 0 Å². The van der Waals surface area contributed by atoms with Gasteiger partial charge in [0, 0.05) is 25.0 Å². The number of carbonyl (C=O) groups excluding carboxylic acids is 1. The summed E-state index contributed by atoms with van der Waals surface area (Å²) in [6.07, 6.45) is -0.564. The maximum absolute atomic E-state index is 13.8. The van der Waals surface area contributed by atoms with Crippen LogP contribution in [0.25, 0.3) is 0 Å². The molecule has 1 amide bonds. The molecule has 1 atom stereocenters. The van der Waals surface area contributed by atoms with E-state index in [1.807, 2.05) is 4.90 Å². The molecule has 2 aliphatic rings. The first-order chi connectivity index (χ1) is 12.6. The molecule has 0 saturated carbocycles. The van der Waals surface area contributed by atoms with Gasteiger partial charge in [0.1, 0.15) is 5.82 Å². The highest BCUT2D eigenvalue weighted by molar-refractivity contribution is 5.94. The summed E-state index contributed by atoms with van der Waals surface area (Å²) in [4.78, 5) is 23.3. The Kier molecular flexibility index (Phi) is 6.80. The second kappa shape index (κ2) is 8.69. The highest BCUT2D eigenvalue weighted by Gasteiger charge is 2.39. The number of aliphatic carboxylic acids is 1. The third kappa shape index (κ3) is 5.66. The molecule has 0 bridgehead atoms. The SMILES string of the molecule is O=C(O)C(F)(F)F.O=C(c1ccccc1F)N1CCCC2(CCCNC2)C1. The first-order valence-electron chi connectivity index (χ1n) is 8.69. The average molecular weight is 390 g/mol. The van der Waals surface area contributed by atoms with E-state index in [1.54, 1.807) is 18.2 Å². The number of carboxylic acids is 1. The van der Waals surface area contributed by atoms with Crippen molar-refractivity contribution < 1.29 is 32.3 Å². The molecular weight excluding hydrogens is 368 g/mol. The van der Waals surface area contributed by atoms with E-state index in [4.69, 9.17) is 9.90 Å². The number of alkyl halides is 3. The van der Waals surface area contributed by atoms with E-state index in [0.29, 0.717) is 0 Å². The summed E-state index contributed by atoms with van der Waals surface area (Å²) >= 11 is 0. The largest absolute Gasteiger partial charge is 0.490 e. The molecule has 2 N–H and O–H groups in total. The van der Waals surface area contributed by atoms with Crippen molar-refractivity contribution in [3.63, 3.8) is 0 Å². The summed E-state index contributed by atoms with van der Waals surface area (Å²) in [5.74, 6) is -3.33. The number of nitrogens with zero attached hydrogens (tertiary/aromatic N) is 1. The van der Waals surface area contributed by atoms with E-state index in [1.165, 1.54) is 25.3 Å². The lowest BCUT2D eigenvalue weighted by Gasteiger charge is -2.45. The maximum atomic E-state index is 13.8. The molecule has 2 aliphatic heterocycles. The van der Waals surface area contributed by atoms with Gasteiger partial charge in [0.15, 0.2) is 0 Å². The Balaban J connectivity index is 0.000000321. The van der Waals surface area contributed by atoms with Gasteiger partial charge in [0.2, 0.25) is 0 Å². The Bertz CT molecular complexity index is 667. The van der Waals surface area contributed by atoms with E-state index in [2.05, 4.69) is 5.32 Å². The minimum absolute atomic E-state index is 0.159. The second-order valence-electron chi connectivity index (χ2n) is 6.89. The highest BCUT2D eigenvalue weighted by atomic mass is 19.4. The number of nitrogens with one attached hydrogen (secondary N) is 1. The van der Waals surface area contributed by atoms with Crippen molar-refractivity contribution in [3.05, 3.63) is 35.6 Å². The van der Waals surface area contributed by atoms with Crippen LogP contribution in [0.1, 0.15) is 36.0 Å². The summed E-state index contributed by atoms with van der Waals surface area (Å²) in [7, 11) is 0. The van der Waals surface area contributed by atoms with Crippen molar-refractivity contribution in [2.45, 2.75) is 31.9 Å². The molecule has 9 heteroatoms. The first kappa shape index (κ1) is 21.1. The van der Waals surface area contributed by atoms with Crippen molar-refractivity contribution in [2.75, 3.05) is 26.2 Å². The van der Waals surface area contributed by atoms with E-state index in [0.717, 1.165) is 32.6 Å². The van der Waals surface area contributed by atoms with E-state index in [-0.39, 0.29) is 16.9 Å². The summed E-state index contributed by atoms with van der Waals surface area (Å²) in [6.45, 7) is 3.55. The summed E-state index contributed by atoms with van der Waals surface area (Å²) in [5, 5.41) is 10.6. The molecule has 1 unspecified atom stereocenters. The number of carbonyl (C=O) groups is 2. The normalized spacial score (nSPS) is 22.7. The van der Waals surface area contributed by atoms with Crippen LogP contribution in [0.4, 0.5) is 17.6 Å². The van der Waals surface area contributed by atoms with E-state index in [9.17, 15) is 22.4 Å². The quantitative estimate of drug-likeness (QED) is 0.724. The van der Waals surface area contributed by atoms with Crippen molar-refractivity contribution in [3.8, 4) is 0 Å². The number of hydrogen-bond donors (Lipinski definition) is 2. The van der Waals surface area contributed by atoms with Gasteiger partial charge in [0.25, 0.3) is 5.91 Å². The zero-order chi connectivity index (χ0) is 20.1. The number of likely N-dealkylation sites (tertiary alicyclic amines) is 1. The fourth-order valence-corrected chi connectivity index (χ4v) is 3.56. The van der Waals surface area contributed by atoms with Gasteiger partial charge in [-0.25, -0.2) is 9.18 Å². The Morgan fingerprint density at radius 1 is 1.15 bits per heavy atom. The standard InChI is InChI=1S/C16H21FN2O.C2HF3O2/c17-14-6-2-1-5-13(14)15(20)19-10-4-8-16(12-19)7-3-9-18-11-16;3-2(4,5)1(6)7/h1-2,5-6,18H,3-4,7-12H2;(H,6,7). The Morgan fingerprint density at radius 3 is 2.33 bits per heavy atom. The third-order valence-corrected chi connectivity index (χ3v) is 4.86. The minimum atomic E-state index is -5.08. The number of hydrogen-bond acceptors (Lipinski definition) is 3. The molecule has 0 aromatic heterocycles. The molecule has 2 fully saturated rings. The Morgan fingerprint density at radius 2 is 1.78 bits per heavy atom. The zero-order valence-electron chi connectivity index (χ0n) is 14.7. The molecule has 0 radical (unpaired) electrons. The van der Waals surface area contributed by atoms with Gasteiger partial charge in [-0.1, -0.05) is 12.1 Å². The van der Waals surface area contributed by atoms with Gasteiger partial charge < -0.3 is 15.3 Å². The van der Waals surface area contributed by atoms with Gasteiger partial charge in [-0.3, -0.25) is 4.79 Å². The van der Waals surface area contributed by atoms with Crippen LogP contribution in [0.5, 0.6) is 0 Å². The number of piperidine rings is 2. The molecular formula is C18H22F4N2O3. The number of rotatable bonds is 1. The third-order valence-electron chi connectivity index (χ3n) is 4.86. The molecule has 1 spiro atoms. The number of benzene rings is 1. The lowest BCUT2D eigenvalue weighted by Crippen LogP contribution is -2.52. The fourth-order valence-electron chi connectivity index (χ4n) is 3.56. The predicted molar refractivity (Wildman–Crippen MR) is 89.8 cm³/mol. The second-order valence-corrected chi connectivity index (χ2v) is 6.89. The van der Waals surface area contributed by atoms with E-state index >= 15 is 0 Å². The van der Waals surface area contributed by atoms with Crippen LogP contribution in [0.2, 0.25) is 0 Å². The maximum Gasteiger partial charge on any atom is 0.490 e. The monoisotopic (exact) mass is 390 g/mol. The smallest absolute Gasteiger partial charge is 0.475 e. The van der Waals surface area contributed by atoms with Gasteiger partial charge in [-0.2, -0.15) is 13.2 Å². The summed E-state index contributed by atoms with van der Waals surface area (Å²) < 4.78 is 45.5. The molecule has 27 heavy (non-hydrogen) atoms. The van der Waals surface area contributed by atoms with Crippen molar-refractivity contribution in [2.24, 2.45) is 5.41 Å². The van der Waals surface area contributed by atoms with Gasteiger partial charge in [-0.05, 0) is 44.4 Å². The molecule has 150 valence electrons. The lowest BCUT2D eigenvalue weighted by molar-refractivity contribution is -0.192. The molecule has 3 rings (SSSR count). The van der Waals surface area contributed by atoms with Gasteiger partial charge >= 0.3 is 12.1 Å². The molecule has 5 nitrogen and oxygen atoms in total. The first-order valence-corrected chi connectivity index (χ1v) is 8.69. The fraction of sp³-hybridized carbons (Fsp3) is 0.556. The van der Waals surface area contributed by atoms with Crippen LogP contribution in [0, 0.1) is 11.2 Å². The van der Waals surface area contributed by atoms with Crippen LogP contribution < -0.4 is 5.32 Å². The molecule has 2 heterocycles. The number of carboxylic acid groups (broad SMARTS) is 1. The Labute approximate surface area is 154 Å². The average Bonchev–Trinajstić information content (AvgIpc) is 2.62. The van der Waals surface area contributed by atoms with Crippen LogP contribution >= 0.6 is 0 Å². The molecule has 0 aliphatic carbocycles.